The maximum Gasteiger partial charge on any atom is 0.325 e. The molecule has 114 valence electrons. The van der Waals surface area contributed by atoms with Crippen LogP contribution in [0.15, 0.2) is 18.2 Å². The van der Waals surface area contributed by atoms with Crippen molar-refractivity contribution in [3.63, 3.8) is 0 Å². The van der Waals surface area contributed by atoms with Gasteiger partial charge in [0.25, 0.3) is 11.6 Å². The zero-order valence-corrected chi connectivity index (χ0v) is 11.7. The molecule has 0 aromatic heterocycles. The number of hydrogen-bond donors (Lipinski definition) is 0. The van der Waals surface area contributed by atoms with E-state index in [2.05, 4.69) is 4.74 Å². The van der Waals surface area contributed by atoms with E-state index in [1.54, 1.807) is 6.92 Å². The molecule has 21 heavy (non-hydrogen) atoms. The number of nitro benzene ring substituents is 1. The summed E-state index contributed by atoms with van der Waals surface area (Å²) in [7, 11) is 1.18. The van der Waals surface area contributed by atoms with Gasteiger partial charge in [0.1, 0.15) is 17.9 Å². The van der Waals surface area contributed by atoms with Crippen LogP contribution >= 0.6 is 0 Å². The molecule has 0 bridgehead atoms. The lowest BCUT2D eigenvalue weighted by Crippen LogP contribution is -2.37. The number of amides is 1. The normalized spacial score (nSPS) is 10.0. The number of ether oxygens (including phenoxy) is 1. The maximum absolute atomic E-state index is 13.1. The molecule has 0 N–H and O–H groups in total. The van der Waals surface area contributed by atoms with E-state index in [0.717, 1.165) is 17.0 Å². The fourth-order valence-electron chi connectivity index (χ4n) is 1.75. The highest BCUT2D eigenvalue weighted by molar-refractivity contribution is 5.99. The van der Waals surface area contributed by atoms with Crippen LogP contribution in [-0.2, 0) is 9.53 Å². The Labute approximate surface area is 120 Å². The van der Waals surface area contributed by atoms with E-state index < -0.39 is 28.3 Å². The van der Waals surface area contributed by atoms with Gasteiger partial charge in [-0.1, -0.05) is 6.92 Å². The molecule has 0 unspecified atom stereocenters. The summed E-state index contributed by atoms with van der Waals surface area (Å²) < 4.78 is 17.6. The second kappa shape index (κ2) is 7.32. The van der Waals surface area contributed by atoms with Gasteiger partial charge in [-0.25, -0.2) is 4.39 Å². The van der Waals surface area contributed by atoms with Crippen LogP contribution in [0.25, 0.3) is 0 Å². The van der Waals surface area contributed by atoms with Crippen molar-refractivity contribution in [3.05, 3.63) is 39.7 Å². The van der Waals surface area contributed by atoms with E-state index in [9.17, 15) is 24.1 Å². The number of nitro groups is 1. The molecular weight excluding hydrogens is 283 g/mol. The zero-order chi connectivity index (χ0) is 16.0. The molecule has 0 saturated heterocycles. The third-order valence-electron chi connectivity index (χ3n) is 2.72. The largest absolute Gasteiger partial charge is 0.468 e. The third kappa shape index (κ3) is 4.23. The summed E-state index contributed by atoms with van der Waals surface area (Å²) in [5.41, 5.74) is -0.898. The average Bonchev–Trinajstić information content (AvgIpc) is 2.45. The molecule has 0 radical (unpaired) electrons. The van der Waals surface area contributed by atoms with Crippen molar-refractivity contribution in [1.29, 1.82) is 0 Å². The second-order valence-electron chi connectivity index (χ2n) is 4.22. The van der Waals surface area contributed by atoms with Crippen molar-refractivity contribution in [2.45, 2.75) is 13.3 Å². The molecule has 0 aliphatic heterocycles. The van der Waals surface area contributed by atoms with Gasteiger partial charge in [-0.3, -0.25) is 19.7 Å². The van der Waals surface area contributed by atoms with Crippen molar-refractivity contribution in [2.75, 3.05) is 20.2 Å². The van der Waals surface area contributed by atoms with E-state index in [0.29, 0.717) is 12.5 Å². The number of hydrogen-bond acceptors (Lipinski definition) is 5. The quantitative estimate of drug-likeness (QED) is 0.453. The molecule has 1 amide bonds. The minimum atomic E-state index is -0.835. The molecule has 8 heteroatoms. The Kier molecular flexibility index (Phi) is 5.77. The van der Waals surface area contributed by atoms with Gasteiger partial charge in [-0.15, -0.1) is 0 Å². The Morgan fingerprint density at radius 3 is 2.62 bits per heavy atom. The monoisotopic (exact) mass is 298 g/mol. The van der Waals surface area contributed by atoms with Gasteiger partial charge in [-0.2, -0.15) is 0 Å². The smallest absolute Gasteiger partial charge is 0.325 e. The van der Waals surface area contributed by atoms with Crippen LogP contribution in [0.1, 0.15) is 23.7 Å². The Bertz CT molecular complexity index is 561. The second-order valence-corrected chi connectivity index (χ2v) is 4.22. The minimum absolute atomic E-state index is 0.225. The number of rotatable bonds is 6. The first-order chi connectivity index (χ1) is 9.90. The first kappa shape index (κ1) is 16.5. The van der Waals surface area contributed by atoms with Gasteiger partial charge >= 0.3 is 5.97 Å². The number of halogens is 1. The Morgan fingerprint density at radius 2 is 2.10 bits per heavy atom. The number of methoxy groups -OCH3 is 1. The van der Waals surface area contributed by atoms with Gasteiger partial charge in [0.15, 0.2) is 0 Å². The molecule has 0 saturated carbocycles. The lowest BCUT2D eigenvalue weighted by molar-refractivity contribution is -0.385. The van der Waals surface area contributed by atoms with Crippen LogP contribution in [0, 0.1) is 15.9 Å². The lowest BCUT2D eigenvalue weighted by atomic mass is 10.1. The molecule has 0 heterocycles. The van der Waals surface area contributed by atoms with Gasteiger partial charge in [0.05, 0.1) is 18.1 Å². The van der Waals surface area contributed by atoms with E-state index in [1.165, 1.54) is 7.11 Å². The predicted octanol–water partition coefficient (Wildman–Crippen LogP) is 1.76. The van der Waals surface area contributed by atoms with Crippen LogP contribution in [0.4, 0.5) is 10.1 Å². The number of esters is 1. The molecule has 1 aromatic rings. The third-order valence-corrected chi connectivity index (χ3v) is 2.72. The summed E-state index contributed by atoms with van der Waals surface area (Å²) in [5, 5.41) is 10.9. The van der Waals surface area contributed by atoms with Crippen molar-refractivity contribution in [1.82, 2.24) is 4.90 Å². The molecule has 0 aliphatic carbocycles. The summed E-state index contributed by atoms with van der Waals surface area (Å²) in [6.07, 6.45) is 0.553. The number of carbonyl (C=O) groups excluding carboxylic acids is 2. The topological polar surface area (TPSA) is 89.8 Å². The SMILES string of the molecule is CCCN(CC(=O)OC)C(=O)c1ccc(F)cc1[N+](=O)[O-]. The lowest BCUT2D eigenvalue weighted by Gasteiger charge is -2.20. The summed E-state index contributed by atoms with van der Waals surface area (Å²) in [4.78, 5) is 34.8. The fraction of sp³-hybridized carbons (Fsp3) is 0.385. The molecular formula is C13H15FN2O5. The van der Waals surface area contributed by atoms with Crippen molar-refractivity contribution < 1.29 is 23.6 Å². The summed E-state index contributed by atoms with van der Waals surface area (Å²) in [6.45, 7) is 1.69. The Hall–Kier alpha value is -2.51. The highest BCUT2D eigenvalue weighted by atomic mass is 19.1. The molecule has 0 aliphatic rings. The first-order valence-corrected chi connectivity index (χ1v) is 6.20. The molecule has 1 aromatic carbocycles. The van der Waals surface area contributed by atoms with Gasteiger partial charge < -0.3 is 9.64 Å². The van der Waals surface area contributed by atoms with Gasteiger partial charge in [0, 0.05) is 6.54 Å². The molecule has 1 rings (SSSR count). The number of nitrogens with zero attached hydrogens (tertiary/aromatic N) is 2. The van der Waals surface area contributed by atoms with Crippen LogP contribution in [0.5, 0.6) is 0 Å². The molecule has 7 nitrogen and oxygen atoms in total. The number of carbonyl (C=O) groups is 2. The van der Waals surface area contributed by atoms with E-state index >= 15 is 0 Å². The Morgan fingerprint density at radius 1 is 1.43 bits per heavy atom. The van der Waals surface area contributed by atoms with Crippen LogP contribution in [-0.4, -0.2) is 41.9 Å². The standard InChI is InChI=1S/C13H15FN2O5/c1-3-6-15(8-12(17)21-2)13(18)10-5-4-9(14)7-11(10)16(19)20/h4-5,7H,3,6,8H2,1-2H3. The predicted molar refractivity (Wildman–Crippen MR) is 71.3 cm³/mol. The van der Waals surface area contributed by atoms with Crippen molar-refractivity contribution in [2.24, 2.45) is 0 Å². The number of benzene rings is 1. The maximum atomic E-state index is 13.1. The average molecular weight is 298 g/mol. The molecule has 0 atom stereocenters. The Balaban J connectivity index is 3.14. The first-order valence-electron chi connectivity index (χ1n) is 6.20. The van der Waals surface area contributed by atoms with E-state index in [-0.39, 0.29) is 18.7 Å². The van der Waals surface area contributed by atoms with Gasteiger partial charge in [-0.05, 0) is 18.6 Å². The van der Waals surface area contributed by atoms with Crippen LogP contribution < -0.4 is 0 Å². The molecule has 0 spiro atoms. The van der Waals surface area contributed by atoms with Crippen molar-refractivity contribution >= 4 is 17.6 Å². The highest BCUT2D eigenvalue weighted by Gasteiger charge is 2.26. The van der Waals surface area contributed by atoms with Crippen LogP contribution in [0.2, 0.25) is 0 Å². The highest BCUT2D eigenvalue weighted by Crippen LogP contribution is 2.21. The van der Waals surface area contributed by atoms with Crippen molar-refractivity contribution in [3.8, 4) is 0 Å². The molecule has 0 fully saturated rings. The zero-order valence-electron chi connectivity index (χ0n) is 11.7. The summed E-state index contributed by atoms with van der Waals surface area (Å²) >= 11 is 0. The van der Waals surface area contributed by atoms with Gasteiger partial charge in [0.2, 0.25) is 0 Å². The fourth-order valence-corrected chi connectivity index (χ4v) is 1.75. The van der Waals surface area contributed by atoms with Crippen LogP contribution in [0.3, 0.4) is 0 Å². The summed E-state index contributed by atoms with van der Waals surface area (Å²) in [6, 6.07) is 2.67. The minimum Gasteiger partial charge on any atom is -0.468 e. The van der Waals surface area contributed by atoms with E-state index in [4.69, 9.17) is 0 Å². The summed E-state index contributed by atoms with van der Waals surface area (Å²) in [5.74, 6) is -2.16. The van der Waals surface area contributed by atoms with E-state index in [1.807, 2.05) is 0 Å².